The number of benzene rings is 3. The molecule has 0 saturated carbocycles. The van der Waals surface area contributed by atoms with E-state index in [0.717, 1.165) is 27.5 Å². The minimum atomic E-state index is -0.325. The summed E-state index contributed by atoms with van der Waals surface area (Å²) in [4.78, 5) is 0. The molecule has 0 aliphatic rings. The van der Waals surface area contributed by atoms with Gasteiger partial charge in [-0.25, -0.2) is 0 Å². The van der Waals surface area contributed by atoms with E-state index in [1.807, 2.05) is 48.5 Å². The molecule has 0 saturated heterocycles. The third-order valence-electron chi connectivity index (χ3n) is 3.73. The lowest BCUT2D eigenvalue weighted by atomic mass is 9.88. The summed E-state index contributed by atoms with van der Waals surface area (Å²) in [7, 11) is 0. The Balaban J connectivity index is 2.17. The zero-order chi connectivity index (χ0) is 15.5. The van der Waals surface area contributed by atoms with E-state index in [9.17, 15) is 5.26 Å². The molecule has 0 aromatic heterocycles. The van der Waals surface area contributed by atoms with Crippen LogP contribution in [0.5, 0.6) is 0 Å². The maximum Gasteiger partial charge on any atom is 0.0968 e. The predicted octanol–water partition coefficient (Wildman–Crippen LogP) is 5.10. The van der Waals surface area contributed by atoms with Gasteiger partial charge in [0, 0.05) is 0 Å². The summed E-state index contributed by atoms with van der Waals surface area (Å²) in [6.45, 7) is 0. The second-order valence-corrected chi connectivity index (χ2v) is 6.22. The number of nitriles is 1. The molecule has 0 spiro atoms. The van der Waals surface area contributed by atoms with Gasteiger partial charge in [0.05, 0.1) is 16.2 Å². The molecule has 22 heavy (non-hydrogen) atoms. The molecule has 0 bridgehead atoms. The second-order valence-electron chi connectivity index (χ2n) is 5.06. The molecule has 3 heteroatoms. The third-order valence-corrected chi connectivity index (χ3v) is 4.22. The topological polar surface area (TPSA) is 23.8 Å². The molecule has 1 atom stereocenters. The molecule has 3 rings (SSSR count). The molecule has 0 N–H and O–H groups in total. The highest BCUT2D eigenvalue weighted by Crippen LogP contribution is 2.31. The van der Waals surface area contributed by atoms with Crippen LogP contribution in [0.25, 0.3) is 10.8 Å². The molecule has 3 aromatic carbocycles. The second kappa shape index (κ2) is 6.31. The quantitative estimate of drug-likeness (QED) is 0.536. The maximum atomic E-state index is 9.72. The first-order chi connectivity index (χ1) is 10.7. The summed E-state index contributed by atoms with van der Waals surface area (Å²) in [6.07, 6.45) is 0. The maximum absolute atomic E-state index is 9.72. The van der Waals surface area contributed by atoms with Crippen LogP contribution < -0.4 is 0 Å². The Kier molecular flexibility index (Phi) is 4.24. The summed E-state index contributed by atoms with van der Waals surface area (Å²) in [5, 5.41) is 12.0. The van der Waals surface area contributed by atoms with Gasteiger partial charge >= 0.3 is 0 Å². The first kappa shape index (κ1) is 14.8. The molecular weight excluding hydrogens is 306 g/mol. The van der Waals surface area contributed by atoms with Crippen molar-refractivity contribution in [3.8, 4) is 6.07 Å². The van der Waals surface area contributed by atoms with Crippen molar-refractivity contribution in [1.82, 2.24) is 0 Å². The number of fused-ring (bicyclic) bond motifs is 1. The number of thiol groups is 1. The van der Waals surface area contributed by atoms with E-state index in [1.54, 1.807) is 0 Å². The fourth-order valence-electron chi connectivity index (χ4n) is 2.68. The summed E-state index contributed by atoms with van der Waals surface area (Å²) >= 11 is 9.35. The van der Waals surface area contributed by atoms with E-state index in [1.165, 1.54) is 0 Å². The molecule has 106 valence electrons. The standard InChI is InChI=1S/C19H13NS2/c20-12-18(14-7-3-8-15(11-14)19(21)22)17-10-4-6-13-5-1-2-9-16(13)17/h1-11,18H,(H,21,22). The first-order valence-corrected chi connectivity index (χ1v) is 7.77. The van der Waals surface area contributed by atoms with Crippen LogP contribution in [0.15, 0.2) is 66.7 Å². The SMILES string of the molecule is N#CC(c1cccc(C(=S)S)c1)c1cccc2ccccc12. The van der Waals surface area contributed by atoms with Crippen LogP contribution in [-0.4, -0.2) is 4.20 Å². The zero-order valence-electron chi connectivity index (χ0n) is 11.7. The van der Waals surface area contributed by atoms with Gasteiger partial charge in [-0.05, 0) is 33.5 Å². The minimum Gasteiger partial charge on any atom is -0.197 e. The van der Waals surface area contributed by atoms with Crippen molar-refractivity contribution >= 4 is 39.8 Å². The molecular formula is C19H13NS2. The van der Waals surface area contributed by atoms with Gasteiger partial charge in [-0.15, -0.1) is 12.6 Å². The predicted molar refractivity (Wildman–Crippen MR) is 98.5 cm³/mol. The smallest absolute Gasteiger partial charge is 0.0968 e. The largest absolute Gasteiger partial charge is 0.197 e. The van der Waals surface area contributed by atoms with Crippen molar-refractivity contribution in [3.05, 3.63) is 83.4 Å². The van der Waals surface area contributed by atoms with E-state index in [2.05, 4.69) is 36.9 Å². The van der Waals surface area contributed by atoms with Gasteiger partial charge < -0.3 is 0 Å². The lowest BCUT2D eigenvalue weighted by Crippen LogP contribution is -2.01. The third kappa shape index (κ3) is 2.76. The van der Waals surface area contributed by atoms with E-state index >= 15 is 0 Å². The summed E-state index contributed by atoms with van der Waals surface area (Å²) in [5.41, 5.74) is 2.83. The summed E-state index contributed by atoms with van der Waals surface area (Å²) in [5.74, 6) is -0.325. The van der Waals surface area contributed by atoms with Crippen LogP contribution >= 0.6 is 24.8 Å². The van der Waals surface area contributed by atoms with Crippen LogP contribution in [0.2, 0.25) is 0 Å². The molecule has 3 aromatic rings. The number of thiocarbonyl (C=S) groups is 1. The molecule has 0 aliphatic carbocycles. The monoisotopic (exact) mass is 319 g/mol. The number of nitrogens with zero attached hydrogens (tertiary/aromatic N) is 1. The van der Waals surface area contributed by atoms with E-state index < -0.39 is 0 Å². The van der Waals surface area contributed by atoms with Crippen LogP contribution in [-0.2, 0) is 0 Å². The number of hydrogen-bond acceptors (Lipinski definition) is 2. The molecule has 0 fully saturated rings. The normalized spacial score (nSPS) is 11.8. The Hall–Kier alpha value is -2.15. The Bertz CT molecular complexity index is 888. The van der Waals surface area contributed by atoms with E-state index in [-0.39, 0.29) is 5.92 Å². The minimum absolute atomic E-state index is 0.325. The van der Waals surface area contributed by atoms with Crippen molar-refractivity contribution in [3.63, 3.8) is 0 Å². The van der Waals surface area contributed by atoms with Gasteiger partial charge in [-0.1, -0.05) is 72.9 Å². The summed E-state index contributed by atoms with van der Waals surface area (Å²) < 4.78 is 0.538. The van der Waals surface area contributed by atoms with Gasteiger partial charge in [0.1, 0.15) is 0 Å². The average molecular weight is 319 g/mol. The van der Waals surface area contributed by atoms with Gasteiger partial charge in [-0.2, -0.15) is 5.26 Å². The van der Waals surface area contributed by atoms with Crippen molar-refractivity contribution in [2.45, 2.75) is 5.92 Å². The zero-order valence-corrected chi connectivity index (χ0v) is 13.4. The van der Waals surface area contributed by atoms with Crippen molar-refractivity contribution < 1.29 is 0 Å². The van der Waals surface area contributed by atoms with Gasteiger partial charge in [0.2, 0.25) is 0 Å². The Morgan fingerprint density at radius 2 is 1.73 bits per heavy atom. The highest BCUT2D eigenvalue weighted by atomic mass is 32.1. The molecule has 1 nitrogen and oxygen atoms in total. The highest BCUT2D eigenvalue weighted by Gasteiger charge is 2.16. The molecule has 1 unspecified atom stereocenters. The van der Waals surface area contributed by atoms with Gasteiger partial charge in [0.25, 0.3) is 0 Å². The van der Waals surface area contributed by atoms with Crippen LogP contribution in [0.1, 0.15) is 22.6 Å². The lowest BCUT2D eigenvalue weighted by Gasteiger charge is -2.14. The molecule has 0 heterocycles. The molecule has 0 amide bonds. The van der Waals surface area contributed by atoms with Crippen molar-refractivity contribution in [2.24, 2.45) is 0 Å². The fourth-order valence-corrected chi connectivity index (χ4v) is 2.94. The van der Waals surface area contributed by atoms with Crippen LogP contribution in [0.4, 0.5) is 0 Å². The Morgan fingerprint density at radius 1 is 1.00 bits per heavy atom. The molecule has 0 radical (unpaired) electrons. The average Bonchev–Trinajstić information content (AvgIpc) is 2.56. The van der Waals surface area contributed by atoms with E-state index in [0.29, 0.717) is 4.20 Å². The van der Waals surface area contributed by atoms with Crippen LogP contribution in [0, 0.1) is 11.3 Å². The van der Waals surface area contributed by atoms with E-state index in [4.69, 9.17) is 12.2 Å². The van der Waals surface area contributed by atoms with Crippen molar-refractivity contribution in [2.75, 3.05) is 0 Å². The first-order valence-electron chi connectivity index (χ1n) is 6.91. The fraction of sp³-hybridized carbons (Fsp3) is 0.0526. The highest BCUT2D eigenvalue weighted by molar-refractivity contribution is 8.11. The molecule has 0 aliphatic heterocycles. The van der Waals surface area contributed by atoms with Gasteiger partial charge in [0.15, 0.2) is 0 Å². The Labute approximate surface area is 140 Å². The summed E-state index contributed by atoms with van der Waals surface area (Å²) in [6, 6.07) is 24.4. The van der Waals surface area contributed by atoms with Crippen molar-refractivity contribution in [1.29, 1.82) is 5.26 Å². The lowest BCUT2D eigenvalue weighted by molar-refractivity contribution is 1.05. The van der Waals surface area contributed by atoms with Crippen LogP contribution in [0.3, 0.4) is 0 Å². The number of rotatable bonds is 3. The number of hydrogen-bond donors (Lipinski definition) is 1. The van der Waals surface area contributed by atoms with Gasteiger partial charge in [-0.3, -0.25) is 0 Å². The Morgan fingerprint density at radius 3 is 2.50 bits per heavy atom.